The van der Waals surface area contributed by atoms with Gasteiger partial charge in [-0.3, -0.25) is 9.78 Å². The van der Waals surface area contributed by atoms with Crippen LogP contribution in [0.25, 0.3) is 0 Å². The molecule has 26 heavy (non-hydrogen) atoms. The molecule has 3 rings (SSSR count). The third-order valence-electron chi connectivity index (χ3n) is 3.75. The molecule has 0 spiro atoms. The number of anilines is 1. The predicted octanol–water partition coefficient (Wildman–Crippen LogP) is 2.42. The smallest absolute Gasteiger partial charge is 0.270 e. The second kappa shape index (κ2) is 8.57. The van der Waals surface area contributed by atoms with Crippen LogP contribution in [0.2, 0.25) is 0 Å². The topological polar surface area (TPSA) is 89.0 Å². The number of amides is 1. The largest absolute Gasteiger partial charge is 0.496 e. The van der Waals surface area contributed by atoms with E-state index in [0.29, 0.717) is 24.6 Å². The summed E-state index contributed by atoms with van der Waals surface area (Å²) in [4.78, 5) is 24.4. The molecule has 0 aliphatic heterocycles. The molecule has 0 fully saturated rings. The summed E-state index contributed by atoms with van der Waals surface area (Å²) in [5.41, 5.74) is 2.27. The van der Waals surface area contributed by atoms with Crippen molar-refractivity contribution in [1.82, 2.24) is 20.3 Å². The van der Waals surface area contributed by atoms with Crippen molar-refractivity contribution in [2.24, 2.45) is 0 Å². The van der Waals surface area contributed by atoms with E-state index < -0.39 is 0 Å². The molecule has 7 nitrogen and oxygen atoms in total. The first-order valence-corrected chi connectivity index (χ1v) is 8.11. The fourth-order valence-electron chi connectivity index (χ4n) is 2.39. The van der Waals surface area contributed by atoms with Gasteiger partial charge in [-0.15, -0.1) is 0 Å². The Morgan fingerprint density at radius 1 is 1.08 bits per heavy atom. The minimum absolute atomic E-state index is 0.260. The molecule has 132 valence electrons. The van der Waals surface area contributed by atoms with Crippen LogP contribution in [-0.2, 0) is 13.1 Å². The van der Waals surface area contributed by atoms with E-state index in [1.807, 2.05) is 36.4 Å². The van der Waals surface area contributed by atoms with Gasteiger partial charge in [-0.2, -0.15) is 0 Å². The molecule has 0 aliphatic carbocycles. The molecule has 0 radical (unpaired) electrons. The number of rotatable bonds is 7. The molecule has 2 N–H and O–H groups in total. The number of aromatic nitrogens is 3. The van der Waals surface area contributed by atoms with E-state index in [0.717, 1.165) is 16.9 Å². The summed E-state index contributed by atoms with van der Waals surface area (Å²) in [5.74, 6) is 1.11. The Bertz CT molecular complexity index is 871. The number of nitrogens with zero attached hydrogens (tertiary/aromatic N) is 3. The number of hydrogen-bond donors (Lipinski definition) is 2. The second-order valence-corrected chi connectivity index (χ2v) is 5.49. The highest BCUT2D eigenvalue weighted by Crippen LogP contribution is 2.18. The van der Waals surface area contributed by atoms with Gasteiger partial charge in [-0.25, -0.2) is 9.97 Å². The van der Waals surface area contributed by atoms with Crippen LogP contribution in [0.3, 0.4) is 0 Å². The van der Waals surface area contributed by atoms with E-state index in [1.54, 1.807) is 25.6 Å². The van der Waals surface area contributed by atoms with Crippen LogP contribution in [0, 0.1) is 0 Å². The highest BCUT2D eigenvalue weighted by Gasteiger charge is 2.09. The molecule has 0 saturated carbocycles. The van der Waals surface area contributed by atoms with Gasteiger partial charge in [0, 0.05) is 37.1 Å². The van der Waals surface area contributed by atoms with Gasteiger partial charge in [0.15, 0.2) is 0 Å². The fourth-order valence-corrected chi connectivity index (χ4v) is 2.39. The van der Waals surface area contributed by atoms with Gasteiger partial charge in [-0.1, -0.05) is 18.2 Å². The Balaban J connectivity index is 1.61. The van der Waals surface area contributed by atoms with Crippen LogP contribution in [0.15, 0.2) is 61.2 Å². The van der Waals surface area contributed by atoms with Gasteiger partial charge in [0.25, 0.3) is 5.91 Å². The first-order valence-electron chi connectivity index (χ1n) is 8.11. The SMILES string of the molecule is COc1ccccc1CNc1cc(C(=O)NCc2ccncc2)ncn1. The van der Waals surface area contributed by atoms with Crippen LogP contribution in [0.1, 0.15) is 21.6 Å². The van der Waals surface area contributed by atoms with E-state index in [4.69, 9.17) is 4.74 Å². The van der Waals surface area contributed by atoms with Crippen molar-refractivity contribution in [2.75, 3.05) is 12.4 Å². The normalized spacial score (nSPS) is 10.2. The minimum Gasteiger partial charge on any atom is -0.496 e. The van der Waals surface area contributed by atoms with E-state index in [-0.39, 0.29) is 5.91 Å². The molecule has 1 amide bonds. The number of nitrogens with one attached hydrogen (secondary N) is 2. The summed E-state index contributed by atoms with van der Waals surface area (Å²) in [6.45, 7) is 0.939. The predicted molar refractivity (Wildman–Crippen MR) is 97.8 cm³/mol. The Hall–Kier alpha value is -3.48. The van der Waals surface area contributed by atoms with E-state index in [1.165, 1.54) is 6.33 Å². The maximum absolute atomic E-state index is 12.3. The zero-order chi connectivity index (χ0) is 18.2. The Morgan fingerprint density at radius 2 is 1.88 bits per heavy atom. The average Bonchev–Trinajstić information content (AvgIpc) is 2.71. The lowest BCUT2D eigenvalue weighted by molar-refractivity contribution is 0.0946. The second-order valence-electron chi connectivity index (χ2n) is 5.49. The molecular formula is C19H19N5O2. The van der Waals surface area contributed by atoms with Gasteiger partial charge in [0.2, 0.25) is 0 Å². The van der Waals surface area contributed by atoms with Crippen molar-refractivity contribution >= 4 is 11.7 Å². The molecule has 7 heteroatoms. The van der Waals surface area contributed by atoms with Gasteiger partial charge < -0.3 is 15.4 Å². The lowest BCUT2D eigenvalue weighted by Crippen LogP contribution is -2.24. The molecule has 1 aromatic carbocycles. The van der Waals surface area contributed by atoms with E-state index in [2.05, 4.69) is 25.6 Å². The molecule has 2 aromatic heterocycles. The highest BCUT2D eigenvalue weighted by molar-refractivity contribution is 5.92. The molecule has 2 heterocycles. The highest BCUT2D eigenvalue weighted by atomic mass is 16.5. The van der Waals surface area contributed by atoms with Crippen LogP contribution in [0.4, 0.5) is 5.82 Å². The van der Waals surface area contributed by atoms with Crippen molar-refractivity contribution in [3.8, 4) is 5.75 Å². The third-order valence-corrected chi connectivity index (χ3v) is 3.75. The fraction of sp³-hybridized carbons (Fsp3) is 0.158. The number of carbonyl (C=O) groups excluding carboxylic acids is 1. The van der Waals surface area contributed by atoms with E-state index in [9.17, 15) is 4.79 Å². The molecule has 0 bridgehead atoms. The summed E-state index contributed by atoms with van der Waals surface area (Å²) in [7, 11) is 1.63. The number of pyridine rings is 1. The summed E-state index contributed by atoms with van der Waals surface area (Å²) in [6, 6.07) is 13.0. The van der Waals surface area contributed by atoms with Gasteiger partial charge in [-0.05, 0) is 23.8 Å². The van der Waals surface area contributed by atoms with Crippen LogP contribution < -0.4 is 15.4 Å². The van der Waals surface area contributed by atoms with Crippen molar-refractivity contribution in [3.63, 3.8) is 0 Å². The Labute approximate surface area is 151 Å². The van der Waals surface area contributed by atoms with Gasteiger partial charge >= 0.3 is 0 Å². The summed E-state index contributed by atoms with van der Waals surface area (Å²) < 4.78 is 5.33. The third kappa shape index (κ3) is 4.54. The summed E-state index contributed by atoms with van der Waals surface area (Å²) in [6.07, 6.45) is 4.74. The number of benzene rings is 1. The Kier molecular flexibility index (Phi) is 5.72. The first kappa shape index (κ1) is 17.3. The lowest BCUT2D eigenvalue weighted by Gasteiger charge is -2.10. The maximum atomic E-state index is 12.3. The van der Waals surface area contributed by atoms with Crippen molar-refractivity contribution in [2.45, 2.75) is 13.1 Å². The summed E-state index contributed by atoms with van der Waals surface area (Å²) in [5, 5.41) is 6.02. The number of ether oxygens (including phenoxy) is 1. The average molecular weight is 349 g/mol. The van der Waals surface area contributed by atoms with Crippen molar-refractivity contribution < 1.29 is 9.53 Å². The van der Waals surface area contributed by atoms with Crippen molar-refractivity contribution in [3.05, 3.63) is 78.0 Å². The first-order chi connectivity index (χ1) is 12.8. The quantitative estimate of drug-likeness (QED) is 0.681. The van der Waals surface area contributed by atoms with Gasteiger partial charge in [0.1, 0.15) is 23.6 Å². The molecule has 0 atom stereocenters. The van der Waals surface area contributed by atoms with Crippen LogP contribution in [-0.4, -0.2) is 28.0 Å². The minimum atomic E-state index is -0.260. The number of hydrogen-bond acceptors (Lipinski definition) is 6. The number of methoxy groups -OCH3 is 1. The summed E-state index contributed by atoms with van der Waals surface area (Å²) >= 11 is 0. The molecule has 0 unspecified atom stereocenters. The zero-order valence-electron chi connectivity index (χ0n) is 14.3. The van der Waals surface area contributed by atoms with E-state index >= 15 is 0 Å². The van der Waals surface area contributed by atoms with Crippen LogP contribution in [0.5, 0.6) is 5.75 Å². The zero-order valence-corrected chi connectivity index (χ0v) is 14.3. The van der Waals surface area contributed by atoms with Crippen LogP contribution >= 0.6 is 0 Å². The number of carbonyl (C=O) groups is 1. The molecule has 0 saturated heterocycles. The standard InChI is InChI=1S/C19H19N5O2/c1-26-17-5-3-2-4-15(17)12-21-18-10-16(23-13-24-18)19(25)22-11-14-6-8-20-9-7-14/h2-10,13H,11-12H2,1H3,(H,22,25)(H,21,23,24). The molecule has 0 aliphatic rings. The monoisotopic (exact) mass is 349 g/mol. The maximum Gasteiger partial charge on any atom is 0.270 e. The van der Waals surface area contributed by atoms with Gasteiger partial charge in [0.05, 0.1) is 7.11 Å². The van der Waals surface area contributed by atoms with Crippen molar-refractivity contribution in [1.29, 1.82) is 0 Å². The molecule has 3 aromatic rings. The number of para-hydroxylation sites is 1. The Morgan fingerprint density at radius 3 is 2.69 bits per heavy atom. The lowest BCUT2D eigenvalue weighted by atomic mass is 10.2. The molecular weight excluding hydrogens is 330 g/mol.